The summed E-state index contributed by atoms with van der Waals surface area (Å²) >= 11 is 0. The molecule has 0 saturated carbocycles. The maximum atomic E-state index is 11.9. The molecular formula is C14H14O3S. The van der Waals surface area contributed by atoms with Crippen LogP contribution in [0.2, 0.25) is 0 Å². The van der Waals surface area contributed by atoms with Crippen LogP contribution in [0.4, 0.5) is 0 Å². The van der Waals surface area contributed by atoms with Gasteiger partial charge in [-0.25, -0.2) is 0 Å². The molecule has 0 radical (unpaired) electrons. The van der Waals surface area contributed by atoms with Gasteiger partial charge in [-0.2, -0.15) is 8.42 Å². The van der Waals surface area contributed by atoms with Crippen molar-refractivity contribution in [3.63, 3.8) is 0 Å². The lowest BCUT2D eigenvalue weighted by atomic mass is 10.2. The standard InChI is InChI=1S/C14H14O3S/c1-12-6-5-9-14(10-12)18(15,16)17-11-13-7-3-2-4-8-13/h2-10H,11H2,1H3. The summed E-state index contributed by atoms with van der Waals surface area (Å²) < 4.78 is 28.9. The average molecular weight is 262 g/mol. The molecule has 0 aliphatic carbocycles. The zero-order chi connectivity index (χ0) is 13.0. The van der Waals surface area contributed by atoms with Crippen LogP contribution in [0.3, 0.4) is 0 Å². The lowest BCUT2D eigenvalue weighted by Gasteiger charge is -2.06. The molecule has 2 aromatic carbocycles. The van der Waals surface area contributed by atoms with Gasteiger partial charge >= 0.3 is 0 Å². The van der Waals surface area contributed by atoms with E-state index in [0.29, 0.717) is 0 Å². The maximum absolute atomic E-state index is 11.9. The van der Waals surface area contributed by atoms with E-state index in [2.05, 4.69) is 0 Å². The molecule has 0 aliphatic rings. The fraction of sp³-hybridized carbons (Fsp3) is 0.143. The summed E-state index contributed by atoms with van der Waals surface area (Å²) in [4.78, 5) is 0.193. The molecule has 0 atom stereocenters. The van der Waals surface area contributed by atoms with Crippen LogP contribution >= 0.6 is 0 Å². The Morgan fingerprint density at radius 3 is 2.39 bits per heavy atom. The van der Waals surface area contributed by atoms with Crippen LogP contribution in [0.25, 0.3) is 0 Å². The van der Waals surface area contributed by atoms with E-state index in [0.717, 1.165) is 11.1 Å². The SMILES string of the molecule is Cc1cccc(S(=O)(=O)OCc2ccccc2)c1. The third-order valence-electron chi connectivity index (χ3n) is 2.50. The van der Waals surface area contributed by atoms with Gasteiger partial charge in [-0.3, -0.25) is 4.18 Å². The predicted octanol–water partition coefficient (Wildman–Crippen LogP) is 2.90. The largest absolute Gasteiger partial charge is 0.297 e. The van der Waals surface area contributed by atoms with Gasteiger partial charge < -0.3 is 0 Å². The smallest absolute Gasteiger partial charge is 0.262 e. The Balaban J connectivity index is 2.13. The second-order valence-corrected chi connectivity index (χ2v) is 5.63. The first kappa shape index (κ1) is 12.8. The van der Waals surface area contributed by atoms with Crippen molar-refractivity contribution >= 4 is 10.1 Å². The predicted molar refractivity (Wildman–Crippen MR) is 69.6 cm³/mol. The van der Waals surface area contributed by atoms with Gasteiger partial charge in [0.1, 0.15) is 0 Å². The summed E-state index contributed by atoms with van der Waals surface area (Å²) in [6, 6.07) is 15.9. The molecule has 0 aliphatic heterocycles. The Kier molecular flexibility index (Phi) is 3.79. The zero-order valence-electron chi connectivity index (χ0n) is 10.0. The Hall–Kier alpha value is -1.65. The van der Waals surface area contributed by atoms with E-state index in [-0.39, 0.29) is 11.5 Å². The van der Waals surface area contributed by atoms with Gasteiger partial charge in [0.15, 0.2) is 0 Å². The van der Waals surface area contributed by atoms with Crippen molar-refractivity contribution in [3.05, 3.63) is 65.7 Å². The second kappa shape index (κ2) is 5.33. The van der Waals surface area contributed by atoms with E-state index in [4.69, 9.17) is 4.18 Å². The van der Waals surface area contributed by atoms with E-state index >= 15 is 0 Å². The highest BCUT2D eigenvalue weighted by molar-refractivity contribution is 7.86. The fourth-order valence-electron chi connectivity index (χ4n) is 1.56. The van der Waals surface area contributed by atoms with Crippen LogP contribution < -0.4 is 0 Å². The minimum Gasteiger partial charge on any atom is -0.262 e. The van der Waals surface area contributed by atoms with E-state index in [9.17, 15) is 8.42 Å². The quantitative estimate of drug-likeness (QED) is 0.796. The summed E-state index contributed by atoms with van der Waals surface area (Å²) in [7, 11) is -3.68. The first-order valence-electron chi connectivity index (χ1n) is 5.58. The van der Waals surface area contributed by atoms with E-state index in [1.165, 1.54) is 6.07 Å². The van der Waals surface area contributed by atoms with Gasteiger partial charge in [-0.1, -0.05) is 42.5 Å². The highest BCUT2D eigenvalue weighted by atomic mass is 32.2. The minimum absolute atomic E-state index is 0.0527. The third kappa shape index (κ3) is 3.18. The highest BCUT2D eigenvalue weighted by Crippen LogP contribution is 2.15. The summed E-state index contributed by atoms with van der Waals surface area (Å²) in [5.41, 5.74) is 1.72. The van der Waals surface area contributed by atoms with Crippen LogP contribution in [0, 0.1) is 6.92 Å². The van der Waals surface area contributed by atoms with Crippen molar-refractivity contribution in [3.8, 4) is 0 Å². The van der Waals surface area contributed by atoms with Crippen molar-refractivity contribution < 1.29 is 12.6 Å². The van der Waals surface area contributed by atoms with Crippen molar-refractivity contribution in [1.82, 2.24) is 0 Å². The number of rotatable bonds is 4. The second-order valence-electron chi connectivity index (χ2n) is 4.02. The molecule has 18 heavy (non-hydrogen) atoms. The molecule has 94 valence electrons. The van der Waals surface area contributed by atoms with E-state index in [1.54, 1.807) is 12.1 Å². The Morgan fingerprint density at radius 1 is 1.00 bits per heavy atom. The van der Waals surface area contributed by atoms with Crippen molar-refractivity contribution in [2.45, 2.75) is 18.4 Å². The van der Waals surface area contributed by atoms with Gasteiger partial charge in [0, 0.05) is 0 Å². The molecule has 3 nitrogen and oxygen atoms in total. The lowest BCUT2D eigenvalue weighted by molar-refractivity contribution is 0.308. The Labute approximate surface area is 107 Å². The fourth-order valence-corrected chi connectivity index (χ4v) is 2.56. The van der Waals surface area contributed by atoms with Gasteiger partial charge in [0.2, 0.25) is 0 Å². The van der Waals surface area contributed by atoms with Gasteiger partial charge in [0.25, 0.3) is 10.1 Å². The molecule has 2 aromatic rings. The van der Waals surface area contributed by atoms with Crippen molar-refractivity contribution in [2.24, 2.45) is 0 Å². The number of benzene rings is 2. The maximum Gasteiger partial charge on any atom is 0.297 e. The number of hydrogen-bond donors (Lipinski definition) is 0. The summed E-state index contributed by atoms with van der Waals surface area (Å²) in [5, 5.41) is 0. The Morgan fingerprint density at radius 2 is 1.72 bits per heavy atom. The van der Waals surface area contributed by atoms with E-state index < -0.39 is 10.1 Å². The normalized spacial score (nSPS) is 11.4. The van der Waals surface area contributed by atoms with Crippen LogP contribution in [-0.2, 0) is 20.9 Å². The molecule has 0 saturated heterocycles. The third-order valence-corrected chi connectivity index (χ3v) is 3.76. The molecule has 2 rings (SSSR count). The molecule has 0 spiro atoms. The summed E-state index contributed by atoms with van der Waals surface area (Å²) in [6.45, 7) is 1.90. The first-order chi connectivity index (χ1) is 8.58. The number of aryl methyl sites for hydroxylation is 1. The lowest BCUT2D eigenvalue weighted by Crippen LogP contribution is -2.06. The Bertz CT molecular complexity index is 618. The van der Waals surface area contributed by atoms with Crippen LogP contribution in [0.1, 0.15) is 11.1 Å². The van der Waals surface area contributed by atoms with Gasteiger partial charge in [0.05, 0.1) is 11.5 Å². The summed E-state index contributed by atoms with van der Waals surface area (Å²) in [5.74, 6) is 0. The molecule has 0 amide bonds. The average Bonchev–Trinajstić information content (AvgIpc) is 2.38. The van der Waals surface area contributed by atoms with Gasteiger partial charge in [-0.15, -0.1) is 0 Å². The molecule has 0 N–H and O–H groups in total. The molecular weight excluding hydrogens is 248 g/mol. The minimum atomic E-state index is -3.68. The molecule has 0 fully saturated rings. The van der Waals surface area contributed by atoms with Crippen LogP contribution in [0.5, 0.6) is 0 Å². The van der Waals surface area contributed by atoms with Crippen LogP contribution in [-0.4, -0.2) is 8.42 Å². The molecule has 0 unspecified atom stereocenters. The van der Waals surface area contributed by atoms with Crippen LogP contribution in [0.15, 0.2) is 59.5 Å². The molecule has 0 heterocycles. The topological polar surface area (TPSA) is 43.4 Å². The molecule has 4 heteroatoms. The van der Waals surface area contributed by atoms with Crippen molar-refractivity contribution in [1.29, 1.82) is 0 Å². The number of hydrogen-bond acceptors (Lipinski definition) is 3. The first-order valence-corrected chi connectivity index (χ1v) is 6.99. The van der Waals surface area contributed by atoms with Crippen molar-refractivity contribution in [2.75, 3.05) is 0 Å². The highest BCUT2D eigenvalue weighted by Gasteiger charge is 2.14. The molecule has 0 bridgehead atoms. The summed E-state index contributed by atoms with van der Waals surface area (Å²) in [6.07, 6.45) is 0. The van der Waals surface area contributed by atoms with Gasteiger partial charge in [-0.05, 0) is 30.2 Å². The monoisotopic (exact) mass is 262 g/mol. The molecule has 0 aromatic heterocycles. The zero-order valence-corrected chi connectivity index (χ0v) is 10.9. The van der Waals surface area contributed by atoms with E-state index in [1.807, 2.05) is 43.3 Å².